The van der Waals surface area contributed by atoms with Crippen molar-refractivity contribution < 1.29 is 4.39 Å². The molecule has 0 saturated carbocycles. The van der Waals surface area contributed by atoms with E-state index in [2.05, 4.69) is 25.8 Å². The zero-order valence-electron chi connectivity index (χ0n) is 13.8. The summed E-state index contributed by atoms with van der Waals surface area (Å²) in [6.07, 6.45) is 0. The first kappa shape index (κ1) is 15.5. The number of hydrogen-bond acceptors (Lipinski definition) is 2. The highest BCUT2D eigenvalue weighted by molar-refractivity contribution is 5.76. The number of aryl methyl sites for hydroxylation is 1. The lowest BCUT2D eigenvalue weighted by Gasteiger charge is -2.18. The summed E-state index contributed by atoms with van der Waals surface area (Å²) in [7, 11) is 1.70. The molecule has 0 aliphatic carbocycles. The van der Waals surface area contributed by atoms with Crippen molar-refractivity contribution >= 4 is 11.2 Å². The van der Waals surface area contributed by atoms with Gasteiger partial charge < -0.3 is 0 Å². The van der Waals surface area contributed by atoms with Gasteiger partial charge in [-0.3, -0.25) is 9.13 Å². The SMILES string of the molecule is Cn1c(=O)n(CC(C)(C)C)c2ccc(-c3ccccc3F)nc21. The van der Waals surface area contributed by atoms with Gasteiger partial charge in [0.25, 0.3) is 0 Å². The van der Waals surface area contributed by atoms with Crippen LogP contribution in [-0.2, 0) is 13.6 Å². The van der Waals surface area contributed by atoms with E-state index in [1.165, 1.54) is 10.6 Å². The Bertz CT molecular complexity index is 932. The topological polar surface area (TPSA) is 39.8 Å². The van der Waals surface area contributed by atoms with Crippen LogP contribution in [0.2, 0.25) is 0 Å². The second-order valence-corrected chi connectivity index (χ2v) is 7.01. The molecule has 0 aliphatic rings. The van der Waals surface area contributed by atoms with Gasteiger partial charge in [0.1, 0.15) is 5.82 Å². The van der Waals surface area contributed by atoms with E-state index in [0.29, 0.717) is 23.4 Å². The third-order valence-corrected chi connectivity index (χ3v) is 3.76. The van der Waals surface area contributed by atoms with Crippen LogP contribution in [0.15, 0.2) is 41.2 Å². The van der Waals surface area contributed by atoms with Gasteiger partial charge in [0, 0.05) is 19.2 Å². The largest absolute Gasteiger partial charge is 0.330 e. The second kappa shape index (κ2) is 5.33. The maximum Gasteiger partial charge on any atom is 0.330 e. The van der Waals surface area contributed by atoms with Crippen molar-refractivity contribution in [2.24, 2.45) is 12.5 Å². The van der Waals surface area contributed by atoms with Gasteiger partial charge in [-0.25, -0.2) is 14.2 Å². The van der Waals surface area contributed by atoms with Crippen LogP contribution in [0, 0.1) is 11.2 Å². The molecule has 3 aromatic rings. The Labute approximate surface area is 134 Å². The van der Waals surface area contributed by atoms with Gasteiger partial charge in [-0.15, -0.1) is 0 Å². The molecular formula is C18H20FN3O. The number of pyridine rings is 1. The zero-order chi connectivity index (χ0) is 16.8. The molecule has 2 heterocycles. The lowest BCUT2D eigenvalue weighted by Crippen LogP contribution is -2.27. The molecule has 5 heteroatoms. The molecule has 0 saturated heterocycles. The number of hydrogen-bond donors (Lipinski definition) is 0. The van der Waals surface area contributed by atoms with Crippen LogP contribution in [0.4, 0.5) is 4.39 Å². The lowest BCUT2D eigenvalue weighted by atomic mass is 9.97. The van der Waals surface area contributed by atoms with E-state index in [1.807, 2.05) is 6.07 Å². The van der Waals surface area contributed by atoms with Gasteiger partial charge in [0.05, 0.1) is 11.2 Å². The number of rotatable bonds is 2. The van der Waals surface area contributed by atoms with E-state index in [9.17, 15) is 9.18 Å². The Hall–Kier alpha value is -2.43. The summed E-state index contributed by atoms with van der Waals surface area (Å²) in [6, 6.07) is 10.1. The number of imidazole rings is 1. The number of aromatic nitrogens is 3. The van der Waals surface area contributed by atoms with E-state index in [1.54, 1.807) is 35.9 Å². The standard InChI is InChI=1S/C18H20FN3O/c1-18(2,3)11-22-15-10-9-14(12-7-5-6-8-13(12)19)20-16(15)21(4)17(22)23/h5-10H,11H2,1-4H3. The maximum absolute atomic E-state index is 14.0. The molecular weight excluding hydrogens is 293 g/mol. The van der Waals surface area contributed by atoms with E-state index < -0.39 is 0 Å². The molecule has 0 bridgehead atoms. The summed E-state index contributed by atoms with van der Waals surface area (Å²) < 4.78 is 17.2. The van der Waals surface area contributed by atoms with Crippen LogP contribution in [-0.4, -0.2) is 14.1 Å². The normalized spacial score (nSPS) is 12.0. The van der Waals surface area contributed by atoms with Gasteiger partial charge in [-0.1, -0.05) is 32.9 Å². The molecule has 23 heavy (non-hydrogen) atoms. The Morgan fingerprint density at radius 1 is 1.13 bits per heavy atom. The first-order valence-corrected chi connectivity index (χ1v) is 7.59. The predicted molar refractivity (Wildman–Crippen MR) is 89.8 cm³/mol. The van der Waals surface area contributed by atoms with Crippen LogP contribution in [0.3, 0.4) is 0 Å². The van der Waals surface area contributed by atoms with Crippen LogP contribution < -0.4 is 5.69 Å². The first-order chi connectivity index (χ1) is 10.8. The van der Waals surface area contributed by atoms with E-state index in [0.717, 1.165) is 5.52 Å². The molecule has 1 aromatic carbocycles. The van der Waals surface area contributed by atoms with Crippen molar-refractivity contribution in [1.82, 2.24) is 14.1 Å². The highest BCUT2D eigenvalue weighted by Crippen LogP contribution is 2.24. The molecule has 0 atom stereocenters. The Morgan fingerprint density at radius 3 is 2.48 bits per heavy atom. The molecule has 0 amide bonds. The highest BCUT2D eigenvalue weighted by atomic mass is 19.1. The second-order valence-electron chi connectivity index (χ2n) is 7.01. The molecule has 0 N–H and O–H groups in total. The minimum Gasteiger partial charge on any atom is -0.290 e. The molecule has 0 spiro atoms. The number of nitrogens with zero attached hydrogens (tertiary/aromatic N) is 3. The number of benzene rings is 1. The summed E-state index contributed by atoms with van der Waals surface area (Å²) in [4.78, 5) is 17.0. The summed E-state index contributed by atoms with van der Waals surface area (Å²) in [5, 5.41) is 0. The predicted octanol–water partition coefficient (Wildman–Crippen LogP) is 3.59. The quantitative estimate of drug-likeness (QED) is 0.725. The van der Waals surface area contributed by atoms with Crippen molar-refractivity contribution in [3.63, 3.8) is 0 Å². The minimum absolute atomic E-state index is 0.0255. The average molecular weight is 313 g/mol. The summed E-state index contributed by atoms with van der Waals surface area (Å²) in [6.45, 7) is 6.85. The smallest absolute Gasteiger partial charge is 0.290 e. The molecule has 4 nitrogen and oxygen atoms in total. The molecule has 0 fully saturated rings. The average Bonchev–Trinajstić information content (AvgIpc) is 2.71. The van der Waals surface area contributed by atoms with Crippen LogP contribution >= 0.6 is 0 Å². The van der Waals surface area contributed by atoms with E-state index in [-0.39, 0.29) is 16.9 Å². The monoisotopic (exact) mass is 313 g/mol. The third-order valence-electron chi connectivity index (χ3n) is 3.76. The fourth-order valence-corrected chi connectivity index (χ4v) is 2.72. The number of halogens is 1. The zero-order valence-corrected chi connectivity index (χ0v) is 13.8. The molecule has 120 valence electrons. The van der Waals surface area contributed by atoms with Crippen molar-refractivity contribution in [2.45, 2.75) is 27.3 Å². The van der Waals surface area contributed by atoms with Gasteiger partial charge in [0.2, 0.25) is 0 Å². The van der Waals surface area contributed by atoms with Crippen molar-refractivity contribution in [3.05, 3.63) is 52.7 Å². The van der Waals surface area contributed by atoms with E-state index >= 15 is 0 Å². The maximum atomic E-state index is 14.0. The van der Waals surface area contributed by atoms with Crippen molar-refractivity contribution in [2.75, 3.05) is 0 Å². The minimum atomic E-state index is -0.321. The Morgan fingerprint density at radius 2 is 1.83 bits per heavy atom. The molecule has 3 rings (SSSR count). The van der Waals surface area contributed by atoms with Crippen LogP contribution in [0.1, 0.15) is 20.8 Å². The first-order valence-electron chi connectivity index (χ1n) is 7.59. The van der Waals surface area contributed by atoms with Crippen LogP contribution in [0.25, 0.3) is 22.4 Å². The lowest BCUT2D eigenvalue weighted by molar-refractivity contribution is 0.342. The molecule has 0 radical (unpaired) electrons. The van der Waals surface area contributed by atoms with Gasteiger partial charge in [0.15, 0.2) is 5.65 Å². The summed E-state index contributed by atoms with van der Waals surface area (Å²) >= 11 is 0. The van der Waals surface area contributed by atoms with Crippen LogP contribution in [0.5, 0.6) is 0 Å². The fourth-order valence-electron chi connectivity index (χ4n) is 2.72. The fraction of sp³-hybridized carbons (Fsp3) is 0.333. The van der Waals surface area contributed by atoms with Gasteiger partial charge in [-0.2, -0.15) is 0 Å². The van der Waals surface area contributed by atoms with E-state index in [4.69, 9.17) is 0 Å². The Kier molecular flexibility index (Phi) is 3.59. The molecule has 0 unspecified atom stereocenters. The molecule has 0 aliphatic heterocycles. The third kappa shape index (κ3) is 2.79. The van der Waals surface area contributed by atoms with Crippen molar-refractivity contribution in [1.29, 1.82) is 0 Å². The van der Waals surface area contributed by atoms with Gasteiger partial charge in [-0.05, 0) is 29.7 Å². The van der Waals surface area contributed by atoms with Gasteiger partial charge >= 0.3 is 5.69 Å². The summed E-state index contributed by atoms with van der Waals surface area (Å²) in [5.74, 6) is -0.321. The highest BCUT2D eigenvalue weighted by Gasteiger charge is 2.19. The number of fused-ring (bicyclic) bond motifs is 1. The Balaban J connectivity index is 2.21. The van der Waals surface area contributed by atoms with Crippen molar-refractivity contribution in [3.8, 4) is 11.3 Å². The molecule has 2 aromatic heterocycles. The summed E-state index contributed by atoms with van der Waals surface area (Å²) in [5.41, 5.74) is 2.17.